The number of rotatable bonds is 5. The second-order valence-corrected chi connectivity index (χ2v) is 3.91. The molecule has 0 saturated carbocycles. The van der Waals surface area contributed by atoms with Gasteiger partial charge in [-0.05, 0) is 30.4 Å². The average molecular weight is 219 g/mol. The molecular formula is C14H21NO. The molecule has 0 bridgehead atoms. The van der Waals surface area contributed by atoms with Crippen molar-refractivity contribution >= 4 is 5.91 Å². The van der Waals surface area contributed by atoms with Gasteiger partial charge in [0.25, 0.3) is 5.91 Å². The van der Waals surface area contributed by atoms with Crippen LogP contribution >= 0.6 is 0 Å². The van der Waals surface area contributed by atoms with Crippen LogP contribution in [0.25, 0.3) is 0 Å². The predicted molar refractivity (Wildman–Crippen MR) is 67.8 cm³/mol. The van der Waals surface area contributed by atoms with Crippen molar-refractivity contribution < 1.29 is 4.79 Å². The fourth-order valence-electron chi connectivity index (χ4n) is 1.86. The highest BCUT2D eigenvalue weighted by molar-refractivity contribution is 5.97. The van der Waals surface area contributed by atoms with Gasteiger partial charge in [-0.3, -0.25) is 4.79 Å². The summed E-state index contributed by atoms with van der Waals surface area (Å²) in [6.45, 7) is 6.99. The van der Waals surface area contributed by atoms with Gasteiger partial charge in [0, 0.05) is 12.1 Å². The van der Waals surface area contributed by atoms with Gasteiger partial charge >= 0.3 is 0 Å². The third kappa shape index (κ3) is 2.84. The van der Waals surface area contributed by atoms with Crippen molar-refractivity contribution in [1.29, 1.82) is 0 Å². The Balaban J connectivity index is 3.03. The second-order valence-electron chi connectivity index (χ2n) is 3.91. The first-order chi connectivity index (χ1) is 7.74. The molecule has 1 rings (SSSR count). The molecule has 0 saturated heterocycles. The first-order valence-corrected chi connectivity index (χ1v) is 6.13. The van der Waals surface area contributed by atoms with Gasteiger partial charge in [-0.25, -0.2) is 0 Å². The summed E-state index contributed by atoms with van der Waals surface area (Å²) >= 11 is 0. The molecule has 0 spiro atoms. The molecule has 1 aromatic rings. The highest BCUT2D eigenvalue weighted by atomic mass is 16.1. The summed E-state index contributed by atoms with van der Waals surface area (Å²) in [5.74, 6) is 0.0798. The van der Waals surface area contributed by atoms with Gasteiger partial charge in [-0.2, -0.15) is 0 Å². The number of nitrogens with one attached hydrogen (secondary N) is 1. The van der Waals surface area contributed by atoms with Gasteiger partial charge in [0.1, 0.15) is 0 Å². The van der Waals surface area contributed by atoms with Crippen molar-refractivity contribution in [2.24, 2.45) is 0 Å². The van der Waals surface area contributed by atoms with Crippen LogP contribution in [-0.2, 0) is 12.8 Å². The van der Waals surface area contributed by atoms with E-state index in [2.05, 4.69) is 26.1 Å². The van der Waals surface area contributed by atoms with Crippen molar-refractivity contribution in [3.8, 4) is 0 Å². The fourth-order valence-corrected chi connectivity index (χ4v) is 1.86. The maximum Gasteiger partial charge on any atom is 0.251 e. The topological polar surface area (TPSA) is 29.1 Å². The van der Waals surface area contributed by atoms with Crippen LogP contribution in [0.4, 0.5) is 0 Å². The average Bonchev–Trinajstić information content (AvgIpc) is 2.34. The molecule has 0 aliphatic rings. The molecule has 2 heteroatoms. The standard InChI is InChI=1S/C14H21NO/c1-4-10-15-14(16)13-11(5-2)8-7-9-12(13)6-3/h7-9H,4-6,10H2,1-3H3,(H,15,16). The quantitative estimate of drug-likeness (QED) is 0.810. The van der Waals surface area contributed by atoms with Crippen molar-refractivity contribution in [3.63, 3.8) is 0 Å². The molecule has 16 heavy (non-hydrogen) atoms. The molecular weight excluding hydrogens is 198 g/mol. The summed E-state index contributed by atoms with van der Waals surface area (Å²) in [6.07, 6.45) is 2.78. The van der Waals surface area contributed by atoms with Crippen LogP contribution in [0.15, 0.2) is 18.2 Å². The van der Waals surface area contributed by atoms with Gasteiger partial charge in [-0.15, -0.1) is 0 Å². The number of amides is 1. The number of carbonyl (C=O) groups is 1. The normalized spacial score (nSPS) is 10.2. The third-order valence-electron chi connectivity index (χ3n) is 2.76. The Morgan fingerprint density at radius 1 is 1.12 bits per heavy atom. The van der Waals surface area contributed by atoms with E-state index in [1.54, 1.807) is 0 Å². The minimum atomic E-state index is 0.0798. The maximum absolute atomic E-state index is 12.1. The molecule has 1 N–H and O–H groups in total. The molecule has 1 aromatic carbocycles. The van der Waals surface area contributed by atoms with Crippen molar-refractivity contribution in [1.82, 2.24) is 5.32 Å². The fraction of sp³-hybridized carbons (Fsp3) is 0.500. The lowest BCUT2D eigenvalue weighted by atomic mass is 9.97. The number of aryl methyl sites for hydroxylation is 2. The number of hydrogen-bond donors (Lipinski definition) is 1. The van der Waals surface area contributed by atoms with E-state index < -0.39 is 0 Å². The van der Waals surface area contributed by atoms with E-state index in [0.717, 1.165) is 42.5 Å². The Kier molecular flexibility index (Phi) is 5.03. The summed E-state index contributed by atoms with van der Waals surface area (Å²) < 4.78 is 0. The molecule has 0 fully saturated rings. The second kappa shape index (κ2) is 6.31. The lowest BCUT2D eigenvalue weighted by Crippen LogP contribution is -2.26. The highest BCUT2D eigenvalue weighted by Crippen LogP contribution is 2.16. The number of carbonyl (C=O) groups excluding carboxylic acids is 1. The molecule has 0 atom stereocenters. The zero-order valence-electron chi connectivity index (χ0n) is 10.5. The summed E-state index contributed by atoms with van der Waals surface area (Å²) in [5.41, 5.74) is 3.18. The smallest absolute Gasteiger partial charge is 0.251 e. The van der Waals surface area contributed by atoms with Gasteiger partial charge < -0.3 is 5.32 Å². The first kappa shape index (κ1) is 12.8. The predicted octanol–water partition coefficient (Wildman–Crippen LogP) is 2.95. The molecule has 2 nitrogen and oxygen atoms in total. The van der Waals surface area contributed by atoms with Crippen LogP contribution in [0.5, 0.6) is 0 Å². The van der Waals surface area contributed by atoms with E-state index in [0.29, 0.717) is 0 Å². The molecule has 0 aliphatic heterocycles. The van der Waals surface area contributed by atoms with Crippen LogP contribution in [-0.4, -0.2) is 12.5 Å². The van der Waals surface area contributed by atoms with Crippen molar-refractivity contribution in [2.45, 2.75) is 40.0 Å². The summed E-state index contributed by atoms with van der Waals surface area (Å²) in [4.78, 5) is 12.1. The zero-order valence-corrected chi connectivity index (χ0v) is 10.5. The Labute approximate surface area is 98.1 Å². The molecule has 0 aliphatic carbocycles. The summed E-state index contributed by atoms with van der Waals surface area (Å²) in [5, 5.41) is 2.96. The summed E-state index contributed by atoms with van der Waals surface area (Å²) in [6, 6.07) is 6.12. The van der Waals surface area contributed by atoms with Crippen LogP contribution < -0.4 is 5.32 Å². The van der Waals surface area contributed by atoms with Crippen LogP contribution in [0, 0.1) is 0 Å². The van der Waals surface area contributed by atoms with E-state index in [-0.39, 0.29) is 5.91 Å². The van der Waals surface area contributed by atoms with Crippen LogP contribution in [0.2, 0.25) is 0 Å². The van der Waals surface area contributed by atoms with E-state index in [9.17, 15) is 4.79 Å². The van der Waals surface area contributed by atoms with Gasteiger partial charge in [-0.1, -0.05) is 39.0 Å². The van der Waals surface area contributed by atoms with Gasteiger partial charge in [0.15, 0.2) is 0 Å². The van der Waals surface area contributed by atoms with E-state index in [4.69, 9.17) is 0 Å². The Hall–Kier alpha value is -1.31. The van der Waals surface area contributed by atoms with E-state index in [1.165, 1.54) is 0 Å². The summed E-state index contributed by atoms with van der Waals surface area (Å²) in [7, 11) is 0. The molecule has 0 unspecified atom stereocenters. The largest absolute Gasteiger partial charge is 0.352 e. The van der Waals surface area contributed by atoms with Crippen molar-refractivity contribution in [2.75, 3.05) is 6.54 Å². The Morgan fingerprint density at radius 3 is 2.12 bits per heavy atom. The number of benzene rings is 1. The Morgan fingerprint density at radius 2 is 1.69 bits per heavy atom. The Bertz CT molecular complexity index is 336. The third-order valence-corrected chi connectivity index (χ3v) is 2.76. The SMILES string of the molecule is CCCNC(=O)c1c(CC)cccc1CC. The lowest BCUT2D eigenvalue weighted by molar-refractivity contribution is 0.0952. The first-order valence-electron chi connectivity index (χ1n) is 6.13. The number of hydrogen-bond acceptors (Lipinski definition) is 1. The van der Waals surface area contributed by atoms with Gasteiger partial charge in [0.05, 0.1) is 0 Å². The minimum absolute atomic E-state index is 0.0798. The van der Waals surface area contributed by atoms with E-state index in [1.807, 2.05) is 18.2 Å². The molecule has 88 valence electrons. The molecule has 0 aromatic heterocycles. The molecule has 0 heterocycles. The molecule has 0 radical (unpaired) electrons. The monoisotopic (exact) mass is 219 g/mol. The maximum atomic E-state index is 12.1. The van der Waals surface area contributed by atoms with E-state index >= 15 is 0 Å². The van der Waals surface area contributed by atoms with Crippen LogP contribution in [0.1, 0.15) is 48.7 Å². The zero-order chi connectivity index (χ0) is 12.0. The minimum Gasteiger partial charge on any atom is -0.352 e. The van der Waals surface area contributed by atoms with Crippen LogP contribution in [0.3, 0.4) is 0 Å². The lowest BCUT2D eigenvalue weighted by Gasteiger charge is -2.12. The van der Waals surface area contributed by atoms with Crippen molar-refractivity contribution in [3.05, 3.63) is 34.9 Å². The molecule has 1 amide bonds. The highest BCUT2D eigenvalue weighted by Gasteiger charge is 2.13. The van der Waals surface area contributed by atoms with Gasteiger partial charge in [0.2, 0.25) is 0 Å².